The molecule has 2 heterocycles. The van der Waals surface area contributed by atoms with Gasteiger partial charge in [0.25, 0.3) is 0 Å². The van der Waals surface area contributed by atoms with Crippen LogP contribution in [-0.2, 0) is 0 Å². The Morgan fingerprint density at radius 2 is 0.845 bits per heavy atom. The second kappa shape index (κ2) is 15.5. The van der Waals surface area contributed by atoms with Gasteiger partial charge in [0.2, 0.25) is 0 Å². The average molecular weight is 744 g/mol. The smallest absolute Gasteiger partial charge is 0.164 e. The summed E-state index contributed by atoms with van der Waals surface area (Å²) >= 11 is 0. The van der Waals surface area contributed by atoms with E-state index in [2.05, 4.69) is 121 Å². The SMILES string of the molecule is C1=CC(c2cc(-c3ccccc3)nc(-c3ccccc3)n2)CC=C1c1cccc2cccc(-c3ccc(-c4nc(-c5ccccc5)nc(-c5ccccc5)n4)cc3)c12. The molecular weight excluding hydrogens is 707 g/mol. The monoisotopic (exact) mass is 743 g/mol. The third kappa shape index (κ3) is 7.02. The van der Waals surface area contributed by atoms with Crippen molar-refractivity contribution in [2.75, 3.05) is 0 Å². The topological polar surface area (TPSA) is 64.5 Å². The quantitative estimate of drug-likeness (QED) is 0.155. The fraction of sp³-hybridized carbons (Fsp3) is 0.0377. The van der Waals surface area contributed by atoms with E-state index in [-0.39, 0.29) is 5.92 Å². The van der Waals surface area contributed by atoms with E-state index < -0.39 is 0 Å². The van der Waals surface area contributed by atoms with Crippen molar-refractivity contribution in [1.82, 2.24) is 24.9 Å². The van der Waals surface area contributed by atoms with E-state index in [9.17, 15) is 0 Å². The molecule has 0 saturated carbocycles. The molecule has 0 amide bonds. The van der Waals surface area contributed by atoms with Gasteiger partial charge in [0, 0.05) is 33.7 Å². The second-order valence-corrected chi connectivity index (χ2v) is 14.4. The van der Waals surface area contributed by atoms with Crippen molar-refractivity contribution in [2.24, 2.45) is 0 Å². The third-order valence-corrected chi connectivity index (χ3v) is 10.7. The fourth-order valence-electron chi connectivity index (χ4n) is 7.73. The predicted molar refractivity (Wildman–Crippen MR) is 236 cm³/mol. The molecule has 0 N–H and O–H groups in total. The van der Waals surface area contributed by atoms with Crippen LogP contribution in [0.5, 0.6) is 0 Å². The van der Waals surface area contributed by atoms with Crippen molar-refractivity contribution in [3.8, 4) is 67.9 Å². The summed E-state index contributed by atoms with van der Waals surface area (Å²) in [6, 6.07) is 64.7. The number of aromatic nitrogens is 5. The molecule has 0 bridgehead atoms. The lowest BCUT2D eigenvalue weighted by molar-refractivity contribution is 0.814. The van der Waals surface area contributed by atoms with Crippen molar-refractivity contribution in [2.45, 2.75) is 12.3 Å². The van der Waals surface area contributed by atoms with Crippen LogP contribution in [0.3, 0.4) is 0 Å². The van der Waals surface area contributed by atoms with E-state index in [0.717, 1.165) is 57.0 Å². The normalized spacial score (nSPS) is 13.7. The summed E-state index contributed by atoms with van der Waals surface area (Å²) in [4.78, 5) is 24.9. The van der Waals surface area contributed by atoms with Gasteiger partial charge in [-0.15, -0.1) is 0 Å². The molecule has 9 aromatic rings. The molecule has 2 aromatic heterocycles. The van der Waals surface area contributed by atoms with Gasteiger partial charge in [0.1, 0.15) is 0 Å². The van der Waals surface area contributed by atoms with Gasteiger partial charge in [0.15, 0.2) is 23.3 Å². The van der Waals surface area contributed by atoms with Crippen molar-refractivity contribution >= 4 is 16.3 Å². The van der Waals surface area contributed by atoms with Gasteiger partial charge >= 0.3 is 0 Å². The summed E-state index contributed by atoms with van der Waals surface area (Å²) in [5.41, 5.74) is 11.6. The Kier molecular flexibility index (Phi) is 9.30. The van der Waals surface area contributed by atoms with Gasteiger partial charge in [0.05, 0.1) is 11.4 Å². The number of nitrogens with zero attached hydrogens (tertiary/aromatic N) is 5. The molecule has 1 atom stereocenters. The Bertz CT molecular complexity index is 2820. The first-order chi connectivity index (χ1) is 28.7. The van der Waals surface area contributed by atoms with Crippen LogP contribution >= 0.6 is 0 Å². The zero-order valence-electron chi connectivity index (χ0n) is 31.7. The summed E-state index contributed by atoms with van der Waals surface area (Å²) in [7, 11) is 0. The zero-order valence-corrected chi connectivity index (χ0v) is 31.7. The maximum atomic E-state index is 5.12. The van der Waals surface area contributed by atoms with Gasteiger partial charge in [-0.25, -0.2) is 24.9 Å². The molecule has 0 aliphatic heterocycles. The molecule has 10 rings (SSSR count). The first kappa shape index (κ1) is 34.8. The number of rotatable bonds is 8. The molecule has 58 heavy (non-hydrogen) atoms. The molecule has 5 nitrogen and oxygen atoms in total. The van der Waals surface area contributed by atoms with Crippen LogP contribution in [-0.4, -0.2) is 24.9 Å². The minimum absolute atomic E-state index is 0.124. The summed E-state index contributed by atoms with van der Waals surface area (Å²) in [6.45, 7) is 0. The molecule has 7 aromatic carbocycles. The standard InChI is InChI=1S/C53H37N5/c1-5-15-38(16-6-1)47-35-48(55-50(54-47)41-17-7-2-8-18-41)39-31-27-36(28-32-39)45-25-13-23-40-24-14-26-46(49(40)45)37-29-33-44(34-30-37)53-57-51(42-19-9-3-10-20-42)56-52(58-53)43-21-11-4-12-22-43/h1-31,33-35,39H,32H2. The molecule has 0 fully saturated rings. The van der Waals surface area contributed by atoms with Crippen LogP contribution in [0.4, 0.5) is 0 Å². The third-order valence-electron chi connectivity index (χ3n) is 10.7. The summed E-state index contributed by atoms with van der Waals surface area (Å²) in [5, 5.41) is 2.42. The van der Waals surface area contributed by atoms with Gasteiger partial charge in [-0.05, 0) is 45.5 Å². The first-order valence-corrected chi connectivity index (χ1v) is 19.6. The van der Waals surface area contributed by atoms with E-state index in [0.29, 0.717) is 17.5 Å². The minimum Gasteiger partial charge on any atom is -0.232 e. The van der Waals surface area contributed by atoms with Crippen LogP contribution in [0, 0.1) is 0 Å². The van der Waals surface area contributed by atoms with Crippen molar-refractivity contribution in [3.05, 3.63) is 218 Å². The number of benzene rings is 7. The molecule has 1 unspecified atom stereocenters. The summed E-state index contributed by atoms with van der Waals surface area (Å²) < 4.78 is 0. The minimum atomic E-state index is 0.124. The Balaban J connectivity index is 0.982. The summed E-state index contributed by atoms with van der Waals surface area (Å²) in [5.74, 6) is 2.81. The Labute approximate surface area is 337 Å². The molecule has 0 radical (unpaired) electrons. The van der Waals surface area contributed by atoms with Crippen molar-refractivity contribution < 1.29 is 0 Å². The highest BCUT2D eigenvalue weighted by atomic mass is 15.0. The molecule has 1 aliphatic carbocycles. The maximum Gasteiger partial charge on any atom is 0.164 e. The molecular formula is C53H37N5. The Morgan fingerprint density at radius 1 is 0.379 bits per heavy atom. The van der Waals surface area contributed by atoms with Gasteiger partial charge in [-0.3, -0.25) is 0 Å². The fourth-order valence-corrected chi connectivity index (χ4v) is 7.73. The van der Waals surface area contributed by atoms with Crippen LogP contribution < -0.4 is 0 Å². The lowest BCUT2D eigenvalue weighted by Gasteiger charge is -2.19. The second-order valence-electron chi connectivity index (χ2n) is 14.4. The first-order valence-electron chi connectivity index (χ1n) is 19.6. The highest BCUT2D eigenvalue weighted by Crippen LogP contribution is 2.39. The lowest BCUT2D eigenvalue weighted by atomic mass is 9.86. The predicted octanol–water partition coefficient (Wildman–Crippen LogP) is 12.9. The molecule has 5 heteroatoms. The van der Waals surface area contributed by atoms with E-state index in [1.54, 1.807) is 0 Å². The molecule has 0 spiro atoms. The molecule has 274 valence electrons. The van der Waals surface area contributed by atoms with Crippen LogP contribution in [0.15, 0.2) is 206 Å². The number of hydrogen-bond donors (Lipinski definition) is 0. The number of hydrogen-bond acceptors (Lipinski definition) is 5. The number of fused-ring (bicyclic) bond motifs is 1. The highest BCUT2D eigenvalue weighted by molar-refractivity contribution is 6.05. The van der Waals surface area contributed by atoms with E-state index in [1.165, 1.54) is 27.5 Å². The van der Waals surface area contributed by atoms with E-state index in [4.69, 9.17) is 24.9 Å². The van der Waals surface area contributed by atoms with Crippen LogP contribution in [0.1, 0.15) is 23.6 Å². The highest BCUT2D eigenvalue weighted by Gasteiger charge is 2.20. The van der Waals surface area contributed by atoms with Gasteiger partial charge < -0.3 is 0 Å². The molecule has 1 aliphatic rings. The van der Waals surface area contributed by atoms with E-state index in [1.807, 2.05) is 84.9 Å². The number of allylic oxidation sites excluding steroid dienone is 4. The van der Waals surface area contributed by atoms with Crippen LogP contribution in [0.2, 0.25) is 0 Å². The largest absolute Gasteiger partial charge is 0.232 e. The van der Waals surface area contributed by atoms with E-state index >= 15 is 0 Å². The van der Waals surface area contributed by atoms with Gasteiger partial charge in [-0.1, -0.05) is 200 Å². The lowest BCUT2D eigenvalue weighted by Crippen LogP contribution is -2.05. The molecule has 0 saturated heterocycles. The van der Waals surface area contributed by atoms with Crippen molar-refractivity contribution in [1.29, 1.82) is 0 Å². The van der Waals surface area contributed by atoms with Gasteiger partial charge in [-0.2, -0.15) is 0 Å². The Morgan fingerprint density at radius 3 is 1.36 bits per heavy atom. The zero-order chi connectivity index (χ0) is 38.7. The van der Waals surface area contributed by atoms with Crippen molar-refractivity contribution in [3.63, 3.8) is 0 Å². The Hall–Kier alpha value is -7.63. The summed E-state index contributed by atoms with van der Waals surface area (Å²) in [6.07, 6.45) is 7.77. The average Bonchev–Trinajstić information content (AvgIpc) is 3.32. The van der Waals surface area contributed by atoms with Crippen LogP contribution in [0.25, 0.3) is 84.3 Å². The maximum absolute atomic E-state index is 5.12.